The third kappa shape index (κ3) is 2.99. The molecular weight excluding hydrogens is 348 g/mol. The number of fused-ring (bicyclic) bond motifs is 4. The zero-order valence-electron chi connectivity index (χ0n) is 17.6. The van der Waals surface area contributed by atoms with Crippen molar-refractivity contribution in [3.8, 4) is 22.3 Å². The van der Waals surface area contributed by atoms with E-state index in [2.05, 4.69) is 99.6 Å². The monoisotopic (exact) mass is 376 g/mol. The highest BCUT2D eigenvalue weighted by Gasteiger charge is 2.22. The highest BCUT2D eigenvalue weighted by Crippen LogP contribution is 2.43. The molecule has 0 saturated heterocycles. The molecule has 1 atom stereocenters. The molecule has 0 aliphatic heterocycles. The van der Waals surface area contributed by atoms with Crippen molar-refractivity contribution in [3.05, 3.63) is 95.6 Å². The Hall–Kier alpha value is -2.86. The van der Waals surface area contributed by atoms with Gasteiger partial charge in [-0.1, -0.05) is 99.6 Å². The van der Waals surface area contributed by atoms with E-state index in [-0.39, 0.29) is 0 Å². The molecule has 4 aromatic carbocycles. The van der Waals surface area contributed by atoms with E-state index in [1.165, 1.54) is 56.1 Å². The first-order valence-electron chi connectivity index (χ1n) is 10.9. The first kappa shape index (κ1) is 18.2. The van der Waals surface area contributed by atoms with Gasteiger partial charge in [-0.15, -0.1) is 0 Å². The van der Waals surface area contributed by atoms with E-state index in [1.54, 1.807) is 0 Å². The molecule has 1 aliphatic rings. The molecule has 1 unspecified atom stereocenters. The van der Waals surface area contributed by atoms with Gasteiger partial charge < -0.3 is 0 Å². The smallest absolute Gasteiger partial charge is 0.0102 e. The second-order valence-corrected chi connectivity index (χ2v) is 8.76. The van der Waals surface area contributed by atoms with Gasteiger partial charge in [-0.2, -0.15) is 0 Å². The van der Waals surface area contributed by atoms with Crippen LogP contribution < -0.4 is 0 Å². The predicted molar refractivity (Wildman–Crippen MR) is 126 cm³/mol. The van der Waals surface area contributed by atoms with Crippen LogP contribution in [0.4, 0.5) is 0 Å². The normalized spacial score (nSPS) is 15.8. The number of hydrogen-bond donors (Lipinski definition) is 0. The fraction of sp³-hybridized carbons (Fsp3) is 0.241. The van der Waals surface area contributed by atoms with Crippen LogP contribution in [0.2, 0.25) is 0 Å². The van der Waals surface area contributed by atoms with Crippen molar-refractivity contribution < 1.29 is 0 Å². The summed E-state index contributed by atoms with van der Waals surface area (Å²) in [4.78, 5) is 0. The SMILES string of the molecule is CC(C)c1ccc(-c2cccc3c2CCC(C)c2ccccc2-3)c2ccccc12. The maximum atomic E-state index is 2.37. The molecule has 0 bridgehead atoms. The highest BCUT2D eigenvalue weighted by atomic mass is 14.3. The quantitative estimate of drug-likeness (QED) is 0.330. The fourth-order valence-electron chi connectivity index (χ4n) is 5.11. The van der Waals surface area contributed by atoms with Crippen LogP contribution in [0.15, 0.2) is 78.9 Å². The van der Waals surface area contributed by atoms with E-state index in [4.69, 9.17) is 0 Å². The fourth-order valence-corrected chi connectivity index (χ4v) is 5.11. The third-order valence-corrected chi connectivity index (χ3v) is 6.66. The average molecular weight is 377 g/mol. The lowest BCUT2D eigenvalue weighted by molar-refractivity contribution is 0.690. The van der Waals surface area contributed by atoms with Gasteiger partial charge in [0.25, 0.3) is 0 Å². The van der Waals surface area contributed by atoms with Gasteiger partial charge in [-0.05, 0) is 74.4 Å². The lowest BCUT2D eigenvalue weighted by atomic mass is 9.86. The standard InChI is InChI=1S/C29H28/c1-19(2)21-17-18-29(25-12-7-6-10-23(21)25)27-14-8-13-26-24-11-5-4-9-22(24)20(3)15-16-28(26)27/h4-14,17-20H,15-16H2,1-3H3. The molecule has 0 N–H and O–H groups in total. The molecule has 29 heavy (non-hydrogen) atoms. The van der Waals surface area contributed by atoms with Crippen molar-refractivity contribution in [1.29, 1.82) is 0 Å². The summed E-state index contributed by atoms with van der Waals surface area (Å²) in [5.74, 6) is 1.11. The largest absolute Gasteiger partial charge is 0.0619 e. The summed E-state index contributed by atoms with van der Waals surface area (Å²) in [6, 6.07) is 29.5. The maximum Gasteiger partial charge on any atom is -0.0102 e. The Morgan fingerprint density at radius 1 is 0.655 bits per heavy atom. The topological polar surface area (TPSA) is 0 Å². The van der Waals surface area contributed by atoms with Gasteiger partial charge in [0, 0.05) is 0 Å². The van der Waals surface area contributed by atoms with Crippen molar-refractivity contribution >= 4 is 10.8 Å². The van der Waals surface area contributed by atoms with Crippen LogP contribution in [-0.4, -0.2) is 0 Å². The molecule has 0 fully saturated rings. The van der Waals surface area contributed by atoms with E-state index in [0.717, 1.165) is 6.42 Å². The van der Waals surface area contributed by atoms with E-state index < -0.39 is 0 Å². The maximum absolute atomic E-state index is 2.37. The second-order valence-electron chi connectivity index (χ2n) is 8.76. The van der Waals surface area contributed by atoms with Crippen LogP contribution in [0.25, 0.3) is 33.0 Å². The van der Waals surface area contributed by atoms with Crippen LogP contribution in [0.3, 0.4) is 0 Å². The lowest BCUT2D eigenvalue weighted by Gasteiger charge is -2.18. The second kappa shape index (κ2) is 7.19. The highest BCUT2D eigenvalue weighted by molar-refractivity contribution is 6.00. The summed E-state index contributed by atoms with van der Waals surface area (Å²) in [6.07, 6.45) is 2.32. The van der Waals surface area contributed by atoms with Gasteiger partial charge in [-0.25, -0.2) is 0 Å². The predicted octanol–water partition coefficient (Wildman–Crippen LogP) is 8.35. The van der Waals surface area contributed by atoms with Crippen molar-refractivity contribution in [1.82, 2.24) is 0 Å². The molecule has 0 heteroatoms. The summed E-state index contributed by atoms with van der Waals surface area (Å²) in [6.45, 7) is 6.94. The Morgan fingerprint density at radius 3 is 2.10 bits per heavy atom. The first-order valence-corrected chi connectivity index (χ1v) is 10.9. The van der Waals surface area contributed by atoms with Gasteiger partial charge >= 0.3 is 0 Å². The number of rotatable bonds is 2. The van der Waals surface area contributed by atoms with Crippen molar-refractivity contribution in [2.24, 2.45) is 0 Å². The minimum atomic E-state index is 0.523. The first-order chi connectivity index (χ1) is 14.1. The van der Waals surface area contributed by atoms with Gasteiger partial charge in [0.1, 0.15) is 0 Å². The molecule has 5 rings (SSSR count). The molecule has 0 aromatic heterocycles. The number of benzene rings is 4. The summed E-state index contributed by atoms with van der Waals surface area (Å²) in [5, 5.41) is 2.76. The molecule has 0 heterocycles. The van der Waals surface area contributed by atoms with Gasteiger partial charge in [0.15, 0.2) is 0 Å². The van der Waals surface area contributed by atoms with E-state index in [1.807, 2.05) is 0 Å². The zero-order chi connectivity index (χ0) is 20.0. The Balaban J connectivity index is 1.79. The van der Waals surface area contributed by atoms with Crippen molar-refractivity contribution in [3.63, 3.8) is 0 Å². The summed E-state index contributed by atoms with van der Waals surface area (Å²) < 4.78 is 0. The number of hydrogen-bond acceptors (Lipinski definition) is 0. The molecule has 144 valence electrons. The van der Waals surface area contributed by atoms with E-state index in [9.17, 15) is 0 Å². The Morgan fingerprint density at radius 2 is 1.31 bits per heavy atom. The summed E-state index contributed by atoms with van der Waals surface area (Å²) in [7, 11) is 0. The van der Waals surface area contributed by atoms with E-state index in [0.29, 0.717) is 11.8 Å². The van der Waals surface area contributed by atoms with Gasteiger partial charge in [0.05, 0.1) is 0 Å². The average Bonchev–Trinajstić information content (AvgIpc) is 2.90. The Labute approximate surface area is 174 Å². The molecule has 0 spiro atoms. The molecule has 0 saturated carbocycles. The van der Waals surface area contributed by atoms with Gasteiger partial charge in [-0.3, -0.25) is 0 Å². The molecule has 0 amide bonds. The van der Waals surface area contributed by atoms with Crippen LogP contribution in [0.5, 0.6) is 0 Å². The van der Waals surface area contributed by atoms with Crippen LogP contribution in [-0.2, 0) is 6.42 Å². The van der Waals surface area contributed by atoms with Crippen LogP contribution in [0.1, 0.15) is 55.7 Å². The molecule has 1 aliphatic carbocycles. The molecular formula is C29H28. The molecule has 0 radical (unpaired) electrons. The van der Waals surface area contributed by atoms with Crippen LogP contribution in [0, 0.1) is 0 Å². The van der Waals surface area contributed by atoms with Crippen molar-refractivity contribution in [2.75, 3.05) is 0 Å². The summed E-state index contributed by atoms with van der Waals surface area (Å²) >= 11 is 0. The summed E-state index contributed by atoms with van der Waals surface area (Å²) in [5.41, 5.74) is 10.0. The van der Waals surface area contributed by atoms with Gasteiger partial charge in [0.2, 0.25) is 0 Å². The molecule has 0 nitrogen and oxygen atoms in total. The van der Waals surface area contributed by atoms with Crippen LogP contribution >= 0.6 is 0 Å². The van der Waals surface area contributed by atoms with Crippen molar-refractivity contribution in [2.45, 2.75) is 45.4 Å². The zero-order valence-corrected chi connectivity index (χ0v) is 17.6. The Bertz CT molecular complexity index is 1200. The molecule has 4 aromatic rings. The lowest BCUT2D eigenvalue weighted by Crippen LogP contribution is -1.96. The Kier molecular flexibility index (Phi) is 4.51. The third-order valence-electron chi connectivity index (χ3n) is 6.66. The minimum Gasteiger partial charge on any atom is -0.0619 e. The minimum absolute atomic E-state index is 0.523. The van der Waals surface area contributed by atoms with E-state index >= 15 is 0 Å².